The number of hydrogen-bond acceptors (Lipinski definition) is 6. The third-order valence-electron chi connectivity index (χ3n) is 3.73. The number of carbonyl (C=O) groups is 3. The van der Waals surface area contributed by atoms with Gasteiger partial charge in [0.05, 0.1) is 12.1 Å². The lowest BCUT2D eigenvalue weighted by atomic mass is 10.1. The van der Waals surface area contributed by atoms with Gasteiger partial charge in [-0.1, -0.05) is 48.5 Å². The van der Waals surface area contributed by atoms with Crippen molar-refractivity contribution in [1.82, 2.24) is 5.32 Å². The fraction of sp³-hybridized carbons (Fsp3) is 0.261. The molecule has 1 amide bonds. The molecule has 30 heavy (non-hydrogen) atoms. The Morgan fingerprint density at radius 2 is 1.50 bits per heavy atom. The zero-order valence-electron chi connectivity index (χ0n) is 16.9. The second kappa shape index (κ2) is 12.1. The number of amides is 1. The standard InChI is InChI=1S/C23H25NO6/c1-17(2)29-22(26)14-13-21(25)28-16-19(15-18-9-5-3-6-10-18)24-23(27)30-20-11-7-4-8-12-20/h3-14,17,19H,15-16H2,1-2H3,(H,24,27)/b14-13+/t19-/m0/s1. The topological polar surface area (TPSA) is 90.9 Å². The van der Waals surface area contributed by atoms with Crippen molar-refractivity contribution < 1.29 is 28.6 Å². The van der Waals surface area contributed by atoms with Gasteiger partial charge in [0.1, 0.15) is 12.4 Å². The fourth-order valence-electron chi connectivity index (χ4n) is 2.48. The van der Waals surface area contributed by atoms with E-state index >= 15 is 0 Å². The third-order valence-corrected chi connectivity index (χ3v) is 3.73. The fourth-order valence-corrected chi connectivity index (χ4v) is 2.48. The SMILES string of the molecule is CC(C)OC(=O)/C=C/C(=O)OC[C@H](Cc1ccccc1)NC(=O)Oc1ccccc1. The highest BCUT2D eigenvalue weighted by atomic mass is 16.6. The number of para-hydroxylation sites is 1. The minimum atomic E-state index is -0.716. The first kappa shape index (κ1) is 22.7. The van der Waals surface area contributed by atoms with Gasteiger partial charge in [0.2, 0.25) is 0 Å². The highest BCUT2D eigenvalue weighted by Gasteiger charge is 2.17. The van der Waals surface area contributed by atoms with Crippen LogP contribution in [-0.2, 0) is 25.5 Å². The molecule has 0 aliphatic heterocycles. The number of rotatable bonds is 9. The molecular weight excluding hydrogens is 386 g/mol. The monoisotopic (exact) mass is 411 g/mol. The second-order valence-electron chi connectivity index (χ2n) is 6.68. The predicted molar refractivity (Wildman–Crippen MR) is 111 cm³/mol. The van der Waals surface area contributed by atoms with E-state index in [0.717, 1.165) is 17.7 Å². The lowest BCUT2D eigenvalue weighted by molar-refractivity contribution is -0.143. The van der Waals surface area contributed by atoms with E-state index in [4.69, 9.17) is 14.2 Å². The van der Waals surface area contributed by atoms with E-state index in [2.05, 4.69) is 5.32 Å². The second-order valence-corrected chi connectivity index (χ2v) is 6.68. The van der Waals surface area contributed by atoms with Crippen LogP contribution in [0.25, 0.3) is 0 Å². The maximum Gasteiger partial charge on any atom is 0.412 e. The average molecular weight is 411 g/mol. The van der Waals surface area contributed by atoms with Gasteiger partial charge in [-0.3, -0.25) is 0 Å². The van der Waals surface area contributed by atoms with E-state index in [1.165, 1.54) is 0 Å². The Labute approximate surface area is 175 Å². The molecular formula is C23H25NO6. The van der Waals surface area contributed by atoms with Crippen LogP contribution in [0.2, 0.25) is 0 Å². The lowest BCUT2D eigenvalue weighted by Gasteiger charge is -2.18. The Hall–Kier alpha value is -3.61. The van der Waals surface area contributed by atoms with Crippen molar-refractivity contribution in [3.05, 3.63) is 78.4 Å². The summed E-state index contributed by atoms with van der Waals surface area (Å²) in [6.07, 6.45) is 1.48. The number of esters is 2. The summed E-state index contributed by atoms with van der Waals surface area (Å²) in [4.78, 5) is 35.6. The summed E-state index contributed by atoms with van der Waals surface area (Å²) >= 11 is 0. The summed E-state index contributed by atoms with van der Waals surface area (Å²) in [5.74, 6) is -0.948. The normalized spacial score (nSPS) is 11.7. The van der Waals surface area contributed by atoms with Gasteiger partial charge in [-0.15, -0.1) is 0 Å². The number of carbonyl (C=O) groups excluding carboxylic acids is 3. The van der Waals surface area contributed by atoms with Gasteiger partial charge in [0.15, 0.2) is 0 Å². The number of nitrogens with one attached hydrogen (secondary N) is 1. The molecule has 0 spiro atoms. The van der Waals surface area contributed by atoms with Crippen LogP contribution in [-0.4, -0.2) is 36.8 Å². The van der Waals surface area contributed by atoms with Gasteiger partial charge in [-0.05, 0) is 38.0 Å². The van der Waals surface area contributed by atoms with Crippen LogP contribution < -0.4 is 10.1 Å². The van der Waals surface area contributed by atoms with Crippen LogP contribution >= 0.6 is 0 Å². The van der Waals surface area contributed by atoms with E-state index in [-0.39, 0.29) is 12.7 Å². The average Bonchev–Trinajstić information content (AvgIpc) is 2.71. The lowest BCUT2D eigenvalue weighted by Crippen LogP contribution is -2.41. The van der Waals surface area contributed by atoms with E-state index in [1.54, 1.807) is 38.1 Å². The molecule has 7 heteroatoms. The predicted octanol–water partition coefficient (Wildman–Crippen LogP) is 3.44. The quantitative estimate of drug-likeness (QED) is 0.502. The maximum atomic E-state index is 12.2. The van der Waals surface area contributed by atoms with Crippen LogP contribution in [0, 0.1) is 0 Å². The zero-order chi connectivity index (χ0) is 21.8. The molecule has 0 aliphatic carbocycles. The molecule has 2 aromatic carbocycles. The Morgan fingerprint density at radius 1 is 0.900 bits per heavy atom. The Morgan fingerprint density at radius 3 is 2.13 bits per heavy atom. The molecule has 0 bridgehead atoms. The molecule has 2 aromatic rings. The number of hydrogen-bond donors (Lipinski definition) is 1. The maximum absolute atomic E-state index is 12.2. The molecule has 158 valence electrons. The Bertz CT molecular complexity index is 849. The van der Waals surface area contributed by atoms with E-state index in [9.17, 15) is 14.4 Å². The molecule has 0 aliphatic rings. The van der Waals surface area contributed by atoms with E-state index < -0.39 is 24.1 Å². The van der Waals surface area contributed by atoms with Gasteiger partial charge in [-0.25, -0.2) is 14.4 Å². The molecule has 0 radical (unpaired) electrons. The highest BCUT2D eigenvalue weighted by Crippen LogP contribution is 2.09. The minimum Gasteiger partial charge on any atom is -0.460 e. The molecule has 1 atom stereocenters. The number of ether oxygens (including phenoxy) is 3. The minimum absolute atomic E-state index is 0.0960. The molecule has 0 aromatic heterocycles. The van der Waals surface area contributed by atoms with Crippen LogP contribution in [0.1, 0.15) is 19.4 Å². The van der Waals surface area contributed by atoms with Crippen molar-refractivity contribution in [2.24, 2.45) is 0 Å². The van der Waals surface area contributed by atoms with Crippen LogP contribution in [0.3, 0.4) is 0 Å². The molecule has 2 rings (SSSR count). The molecule has 0 fully saturated rings. The molecule has 0 unspecified atom stereocenters. The first-order valence-corrected chi connectivity index (χ1v) is 9.55. The van der Waals surface area contributed by atoms with Crippen molar-refractivity contribution in [2.45, 2.75) is 32.4 Å². The van der Waals surface area contributed by atoms with Crippen LogP contribution in [0.15, 0.2) is 72.8 Å². The largest absolute Gasteiger partial charge is 0.460 e. The summed E-state index contributed by atoms with van der Waals surface area (Å²) in [5.41, 5.74) is 0.953. The van der Waals surface area contributed by atoms with Crippen molar-refractivity contribution >= 4 is 18.0 Å². The zero-order valence-corrected chi connectivity index (χ0v) is 16.9. The van der Waals surface area contributed by atoms with Crippen molar-refractivity contribution in [1.29, 1.82) is 0 Å². The first-order valence-electron chi connectivity index (χ1n) is 9.55. The Kier molecular flexibility index (Phi) is 9.12. The summed E-state index contributed by atoms with van der Waals surface area (Å²) in [5, 5.41) is 2.71. The van der Waals surface area contributed by atoms with Gasteiger partial charge >= 0.3 is 18.0 Å². The van der Waals surface area contributed by atoms with Crippen LogP contribution in [0.4, 0.5) is 4.79 Å². The molecule has 7 nitrogen and oxygen atoms in total. The Balaban J connectivity index is 1.93. The molecule has 0 saturated carbocycles. The summed E-state index contributed by atoms with van der Waals surface area (Å²) in [6, 6.07) is 17.6. The third kappa shape index (κ3) is 9.05. The van der Waals surface area contributed by atoms with Crippen molar-refractivity contribution in [3.63, 3.8) is 0 Å². The molecule has 1 N–H and O–H groups in total. The molecule has 0 heterocycles. The summed E-state index contributed by atoms with van der Waals surface area (Å²) in [7, 11) is 0. The number of benzene rings is 2. The first-order chi connectivity index (χ1) is 14.4. The smallest absolute Gasteiger partial charge is 0.412 e. The van der Waals surface area contributed by atoms with Crippen LogP contribution in [0.5, 0.6) is 5.75 Å². The van der Waals surface area contributed by atoms with Gasteiger partial charge < -0.3 is 19.5 Å². The van der Waals surface area contributed by atoms with Crippen molar-refractivity contribution in [2.75, 3.05) is 6.61 Å². The van der Waals surface area contributed by atoms with E-state index in [0.29, 0.717) is 12.2 Å². The van der Waals surface area contributed by atoms with Gasteiger partial charge in [0.25, 0.3) is 0 Å². The van der Waals surface area contributed by atoms with Gasteiger partial charge in [0, 0.05) is 12.2 Å². The summed E-state index contributed by atoms with van der Waals surface area (Å²) in [6.45, 7) is 3.32. The van der Waals surface area contributed by atoms with Gasteiger partial charge in [-0.2, -0.15) is 0 Å². The molecule has 0 saturated heterocycles. The summed E-state index contributed by atoms with van der Waals surface area (Å²) < 4.78 is 15.3. The van der Waals surface area contributed by atoms with Crippen molar-refractivity contribution in [3.8, 4) is 5.75 Å². The van der Waals surface area contributed by atoms with E-state index in [1.807, 2.05) is 36.4 Å². The highest BCUT2D eigenvalue weighted by molar-refractivity contribution is 5.91.